The molecule has 1 aromatic rings. The minimum atomic E-state index is -2.54. The van der Waals surface area contributed by atoms with Gasteiger partial charge < -0.3 is 5.73 Å². The van der Waals surface area contributed by atoms with Crippen LogP contribution in [0.5, 0.6) is 0 Å². The minimum Gasteiger partial charge on any atom is -0.320 e. The Balaban J connectivity index is 2.78. The van der Waals surface area contributed by atoms with E-state index in [1.165, 1.54) is 13.1 Å². The van der Waals surface area contributed by atoms with Crippen LogP contribution in [0.15, 0.2) is 22.9 Å². The summed E-state index contributed by atoms with van der Waals surface area (Å²) in [6, 6.07) is 1.74. The van der Waals surface area contributed by atoms with Gasteiger partial charge in [0.2, 0.25) is 0 Å². The summed E-state index contributed by atoms with van der Waals surface area (Å²) in [4.78, 5) is 3.88. The van der Waals surface area contributed by atoms with E-state index in [2.05, 4.69) is 20.9 Å². The maximum absolute atomic E-state index is 12.4. The lowest BCUT2D eigenvalue weighted by atomic mass is 9.95. The highest BCUT2D eigenvalue weighted by atomic mass is 79.9. The predicted octanol–water partition coefficient (Wildman–Crippen LogP) is 2.37. The number of hydrogen-bond donors (Lipinski definition) is 1. The zero-order chi connectivity index (χ0) is 10.8. The van der Waals surface area contributed by atoms with Gasteiger partial charge in [-0.25, -0.2) is 8.78 Å². The Labute approximate surface area is 89.6 Å². The molecule has 1 unspecified atom stereocenters. The van der Waals surface area contributed by atoms with Gasteiger partial charge in [-0.3, -0.25) is 4.98 Å². The molecule has 1 rings (SSSR count). The third kappa shape index (κ3) is 2.99. The second-order valence-corrected chi connectivity index (χ2v) is 4.41. The monoisotopic (exact) mass is 264 g/mol. The van der Waals surface area contributed by atoms with Crippen LogP contribution in [0, 0.1) is 0 Å². The number of nitrogens with two attached hydrogens (primary N) is 1. The number of hydrogen-bond acceptors (Lipinski definition) is 2. The first-order valence-corrected chi connectivity index (χ1v) is 4.87. The van der Waals surface area contributed by atoms with Gasteiger partial charge in [0.05, 0.1) is 5.54 Å². The van der Waals surface area contributed by atoms with E-state index in [0.29, 0.717) is 5.56 Å². The summed E-state index contributed by atoms with van der Waals surface area (Å²) >= 11 is 3.22. The van der Waals surface area contributed by atoms with Gasteiger partial charge in [-0.2, -0.15) is 0 Å². The summed E-state index contributed by atoms with van der Waals surface area (Å²) in [6.45, 7) is 1.33. The molecule has 0 fully saturated rings. The molecule has 0 aliphatic heterocycles. The van der Waals surface area contributed by atoms with E-state index in [1.807, 2.05) is 0 Å². The fourth-order valence-corrected chi connectivity index (χ4v) is 1.48. The van der Waals surface area contributed by atoms with Gasteiger partial charge in [0.25, 0.3) is 6.43 Å². The first kappa shape index (κ1) is 11.5. The summed E-state index contributed by atoms with van der Waals surface area (Å²) in [6.07, 6.45) is 0.705. The molecule has 0 aromatic carbocycles. The molecule has 2 nitrogen and oxygen atoms in total. The number of nitrogens with zero attached hydrogens (tertiary/aromatic N) is 1. The molecule has 0 aliphatic rings. The van der Waals surface area contributed by atoms with E-state index >= 15 is 0 Å². The van der Waals surface area contributed by atoms with Crippen LogP contribution >= 0.6 is 15.9 Å². The van der Waals surface area contributed by atoms with Crippen LogP contribution in [0.3, 0.4) is 0 Å². The second kappa shape index (κ2) is 4.31. The molecule has 1 atom stereocenters. The Morgan fingerprint density at radius 3 is 2.71 bits per heavy atom. The van der Waals surface area contributed by atoms with Crippen LogP contribution in [0.4, 0.5) is 8.78 Å². The van der Waals surface area contributed by atoms with Crippen LogP contribution in [-0.4, -0.2) is 16.9 Å². The molecule has 5 heteroatoms. The summed E-state index contributed by atoms with van der Waals surface area (Å²) in [7, 11) is 0. The molecule has 0 bridgehead atoms. The fraction of sp³-hybridized carbons (Fsp3) is 0.444. The molecule has 78 valence electrons. The molecule has 1 heterocycles. The summed E-state index contributed by atoms with van der Waals surface area (Å²) in [5, 5.41) is 0. The molecule has 14 heavy (non-hydrogen) atoms. The van der Waals surface area contributed by atoms with Crippen molar-refractivity contribution in [2.24, 2.45) is 5.73 Å². The van der Waals surface area contributed by atoms with Crippen LogP contribution in [0.1, 0.15) is 12.5 Å². The van der Waals surface area contributed by atoms with E-state index in [1.54, 1.807) is 12.3 Å². The average molecular weight is 265 g/mol. The van der Waals surface area contributed by atoms with Crippen molar-refractivity contribution in [2.45, 2.75) is 25.3 Å². The van der Waals surface area contributed by atoms with Gasteiger partial charge in [-0.15, -0.1) is 0 Å². The van der Waals surface area contributed by atoms with E-state index in [-0.39, 0.29) is 6.42 Å². The zero-order valence-corrected chi connectivity index (χ0v) is 9.26. The van der Waals surface area contributed by atoms with E-state index < -0.39 is 12.0 Å². The van der Waals surface area contributed by atoms with Crippen LogP contribution in [-0.2, 0) is 6.42 Å². The Kier molecular flexibility index (Phi) is 3.55. The Morgan fingerprint density at radius 1 is 1.57 bits per heavy atom. The lowest BCUT2D eigenvalue weighted by molar-refractivity contribution is 0.0639. The normalized spacial score (nSPS) is 15.6. The molecule has 0 amide bonds. The SMILES string of the molecule is CC(N)(Cc1cncc(Br)c1)C(F)F. The molecular weight excluding hydrogens is 254 g/mol. The number of alkyl halides is 2. The highest BCUT2D eigenvalue weighted by molar-refractivity contribution is 9.10. The number of aromatic nitrogens is 1. The molecule has 0 saturated carbocycles. The predicted molar refractivity (Wildman–Crippen MR) is 54.2 cm³/mol. The van der Waals surface area contributed by atoms with Crippen molar-refractivity contribution < 1.29 is 8.78 Å². The van der Waals surface area contributed by atoms with E-state index in [4.69, 9.17) is 5.73 Å². The third-order valence-electron chi connectivity index (χ3n) is 1.85. The Hall–Kier alpha value is -0.550. The zero-order valence-electron chi connectivity index (χ0n) is 7.67. The topological polar surface area (TPSA) is 38.9 Å². The molecule has 2 N–H and O–H groups in total. The summed E-state index contributed by atoms with van der Waals surface area (Å²) in [5.41, 5.74) is 4.65. The van der Waals surface area contributed by atoms with Crippen molar-refractivity contribution in [3.05, 3.63) is 28.5 Å². The molecule has 0 spiro atoms. The standard InChI is InChI=1S/C9H11BrF2N2/c1-9(13,8(11)12)3-6-2-7(10)5-14-4-6/h2,4-5,8H,3,13H2,1H3. The van der Waals surface area contributed by atoms with Crippen molar-refractivity contribution in [3.63, 3.8) is 0 Å². The summed E-state index contributed by atoms with van der Waals surface area (Å²) in [5.74, 6) is 0. The van der Waals surface area contributed by atoms with Gasteiger partial charge in [-0.05, 0) is 40.9 Å². The van der Waals surface area contributed by atoms with Crippen molar-refractivity contribution in [3.8, 4) is 0 Å². The molecule has 1 aromatic heterocycles. The number of rotatable bonds is 3. The van der Waals surface area contributed by atoms with Crippen LogP contribution in [0.2, 0.25) is 0 Å². The van der Waals surface area contributed by atoms with Gasteiger partial charge in [-0.1, -0.05) is 0 Å². The van der Waals surface area contributed by atoms with Crippen LogP contribution in [0.25, 0.3) is 0 Å². The Bertz CT molecular complexity index is 315. The molecule has 0 aliphatic carbocycles. The average Bonchev–Trinajstić information content (AvgIpc) is 2.02. The highest BCUT2D eigenvalue weighted by Crippen LogP contribution is 2.19. The van der Waals surface area contributed by atoms with Crippen molar-refractivity contribution in [2.75, 3.05) is 0 Å². The van der Waals surface area contributed by atoms with E-state index in [9.17, 15) is 8.78 Å². The van der Waals surface area contributed by atoms with Gasteiger partial charge in [0, 0.05) is 16.9 Å². The lowest BCUT2D eigenvalue weighted by Gasteiger charge is -2.23. The molecular formula is C9H11BrF2N2. The third-order valence-corrected chi connectivity index (χ3v) is 2.28. The maximum Gasteiger partial charge on any atom is 0.256 e. The second-order valence-electron chi connectivity index (χ2n) is 3.49. The lowest BCUT2D eigenvalue weighted by Crippen LogP contribution is -2.45. The summed E-state index contributed by atoms with van der Waals surface area (Å²) < 4.78 is 25.6. The van der Waals surface area contributed by atoms with Crippen molar-refractivity contribution in [1.82, 2.24) is 4.98 Å². The largest absolute Gasteiger partial charge is 0.320 e. The highest BCUT2D eigenvalue weighted by Gasteiger charge is 2.30. The first-order chi connectivity index (χ1) is 6.42. The van der Waals surface area contributed by atoms with Gasteiger partial charge in [0.1, 0.15) is 0 Å². The Morgan fingerprint density at radius 2 is 2.21 bits per heavy atom. The molecule has 0 radical (unpaired) electrons. The van der Waals surface area contributed by atoms with Crippen LogP contribution < -0.4 is 5.73 Å². The fourth-order valence-electron chi connectivity index (χ4n) is 1.07. The van der Waals surface area contributed by atoms with Gasteiger partial charge >= 0.3 is 0 Å². The number of halogens is 3. The van der Waals surface area contributed by atoms with Gasteiger partial charge in [0.15, 0.2) is 0 Å². The first-order valence-electron chi connectivity index (χ1n) is 4.08. The number of pyridine rings is 1. The van der Waals surface area contributed by atoms with Crippen molar-refractivity contribution >= 4 is 15.9 Å². The quantitative estimate of drug-likeness (QED) is 0.911. The smallest absolute Gasteiger partial charge is 0.256 e. The minimum absolute atomic E-state index is 0.108. The van der Waals surface area contributed by atoms with E-state index in [0.717, 1.165) is 4.47 Å². The maximum atomic E-state index is 12.4. The van der Waals surface area contributed by atoms with Crippen molar-refractivity contribution in [1.29, 1.82) is 0 Å². The molecule has 0 saturated heterocycles.